The van der Waals surface area contributed by atoms with E-state index in [9.17, 15) is 0 Å². The van der Waals surface area contributed by atoms with Gasteiger partial charge in [-0.15, -0.1) is 11.8 Å². The van der Waals surface area contributed by atoms with Gasteiger partial charge in [0, 0.05) is 12.5 Å². The standard InChI is InChI=1S/C17H31N/c1-5-7-8-9-16-12-15(6-2)10-11-17(16)13-18-14(3)4/h14-18H,6,8-13H2,1-4H3. The maximum absolute atomic E-state index is 3.63. The molecule has 104 valence electrons. The highest BCUT2D eigenvalue weighted by atomic mass is 14.9. The van der Waals surface area contributed by atoms with E-state index >= 15 is 0 Å². The lowest BCUT2D eigenvalue weighted by Crippen LogP contribution is -2.35. The molecule has 0 radical (unpaired) electrons. The third-order valence-corrected chi connectivity index (χ3v) is 4.43. The number of nitrogens with one attached hydrogen (secondary N) is 1. The van der Waals surface area contributed by atoms with Crippen molar-refractivity contribution in [2.24, 2.45) is 17.8 Å². The molecule has 18 heavy (non-hydrogen) atoms. The van der Waals surface area contributed by atoms with Crippen LogP contribution in [0.2, 0.25) is 0 Å². The van der Waals surface area contributed by atoms with Gasteiger partial charge in [0.1, 0.15) is 0 Å². The van der Waals surface area contributed by atoms with Crippen LogP contribution in [0.25, 0.3) is 0 Å². The van der Waals surface area contributed by atoms with Gasteiger partial charge in [0.2, 0.25) is 0 Å². The lowest BCUT2D eigenvalue weighted by molar-refractivity contribution is 0.162. The lowest BCUT2D eigenvalue weighted by Gasteiger charge is -2.36. The predicted molar refractivity (Wildman–Crippen MR) is 80.4 cm³/mol. The first-order chi connectivity index (χ1) is 8.67. The Balaban J connectivity index is 2.46. The second kappa shape index (κ2) is 8.59. The van der Waals surface area contributed by atoms with Crippen LogP contribution >= 0.6 is 0 Å². The molecule has 0 saturated heterocycles. The molecule has 0 aromatic carbocycles. The molecule has 1 heteroatoms. The topological polar surface area (TPSA) is 12.0 Å². The summed E-state index contributed by atoms with van der Waals surface area (Å²) in [5.74, 6) is 9.03. The van der Waals surface area contributed by atoms with E-state index in [2.05, 4.69) is 37.9 Å². The summed E-state index contributed by atoms with van der Waals surface area (Å²) in [7, 11) is 0. The van der Waals surface area contributed by atoms with Gasteiger partial charge in [0.05, 0.1) is 0 Å². The molecular formula is C17H31N. The molecule has 0 aromatic heterocycles. The van der Waals surface area contributed by atoms with Crippen LogP contribution in [0.1, 0.15) is 66.2 Å². The van der Waals surface area contributed by atoms with Crippen molar-refractivity contribution in [1.82, 2.24) is 5.32 Å². The minimum Gasteiger partial charge on any atom is -0.314 e. The number of hydrogen-bond acceptors (Lipinski definition) is 1. The minimum atomic E-state index is 0.616. The molecule has 1 aliphatic carbocycles. The highest BCUT2D eigenvalue weighted by molar-refractivity contribution is 4.96. The van der Waals surface area contributed by atoms with Crippen molar-refractivity contribution in [2.45, 2.75) is 72.3 Å². The molecule has 0 aromatic rings. The molecule has 1 fully saturated rings. The smallest absolute Gasteiger partial charge is 0.00913 e. The van der Waals surface area contributed by atoms with Crippen LogP contribution in [0, 0.1) is 29.6 Å². The summed E-state index contributed by atoms with van der Waals surface area (Å²) >= 11 is 0. The molecular weight excluding hydrogens is 218 g/mol. The van der Waals surface area contributed by atoms with E-state index in [1.807, 2.05) is 6.92 Å². The molecule has 0 spiro atoms. The number of hydrogen-bond donors (Lipinski definition) is 1. The Morgan fingerprint density at radius 2 is 2.00 bits per heavy atom. The quantitative estimate of drug-likeness (QED) is 0.695. The molecule has 1 aliphatic rings. The molecule has 1 rings (SSSR count). The van der Waals surface area contributed by atoms with Gasteiger partial charge in [-0.05, 0) is 50.5 Å². The van der Waals surface area contributed by atoms with Crippen molar-refractivity contribution in [3.63, 3.8) is 0 Å². The van der Waals surface area contributed by atoms with E-state index < -0.39 is 0 Å². The summed E-state index contributed by atoms with van der Waals surface area (Å²) in [5.41, 5.74) is 0. The van der Waals surface area contributed by atoms with Gasteiger partial charge in [-0.25, -0.2) is 0 Å². The summed E-state index contributed by atoms with van der Waals surface area (Å²) in [6.07, 6.45) is 8.06. The van der Waals surface area contributed by atoms with Crippen molar-refractivity contribution in [3.05, 3.63) is 0 Å². The normalized spacial score (nSPS) is 27.9. The highest BCUT2D eigenvalue weighted by Gasteiger charge is 2.28. The van der Waals surface area contributed by atoms with Gasteiger partial charge in [0.25, 0.3) is 0 Å². The highest BCUT2D eigenvalue weighted by Crippen LogP contribution is 2.37. The Morgan fingerprint density at radius 3 is 2.61 bits per heavy atom. The van der Waals surface area contributed by atoms with Crippen LogP contribution < -0.4 is 5.32 Å². The van der Waals surface area contributed by atoms with Crippen molar-refractivity contribution in [1.29, 1.82) is 0 Å². The third-order valence-electron chi connectivity index (χ3n) is 4.43. The van der Waals surface area contributed by atoms with E-state index in [4.69, 9.17) is 0 Å². The van der Waals surface area contributed by atoms with Crippen molar-refractivity contribution < 1.29 is 0 Å². The van der Waals surface area contributed by atoms with E-state index in [0.717, 1.165) is 24.2 Å². The zero-order valence-electron chi connectivity index (χ0n) is 12.8. The molecule has 1 N–H and O–H groups in total. The molecule has 1 saturated carbocycles. The average molecular weight is 249 g/mol. The van der Waals surface area contributed by atoms with Crippen LogP contribution in [0.5, 0.6) is 0 Å². The van der Waals surface area contributed by atoms with Crippen LogP contribution in [0.15, 0.2) is 0 Å². The summed E-state index contributed by atoms with van der Waals surface area (Å²) in [6, 6.07) is 0.616. The first kappa shape index (κ1) is 15.6. The molecule has 0 amide bonds. The van der Waals surface area contributed by atoms with Gasteiger partial charge in [-0.1, -0.05) is 33.6 Å². The molecule has 3 unspecified atom stereocenters. The van der Waals surface area contributed by atoms with Gasteiger partial charge < -0.3 is 5.32 Å². The Morgan fingerprint density at radius 1 is 1.22 bits per heavy atom. The summed E-state index contributed by atoms with van der Waals surface area (Å²) < 4.78 is 0. The Labute approximate surface area is 114 Å². The van der Waals surface area contributed by atoms with Gasteiger partial charge in [-0.3, -0.25) is 0 Å². The van der Waals surface area contributed by atoms with E-state index in [0.29, 0.717) is 6.04 Å². The summed E-state index contributed by atoms with van der Waals surface area (Å²) in [4.78, 5) is 0. The Hall–Kier alpha value is -0.480. The second-order valence-electron chi connectivity index (χ2n) is 6.14. The maximum atomic E-state index is 3.63. The second-order valence-corrected chi connectivity index (χ2v) is 6.14. The van der Waals surface area contributed by atoms with Crippen molar-refractivity contribution in [3.8, 4) is 11.8 Å². The summed E-state index contributed by atoms with van der Waals surface area (Å²) in [6.45, 7) is 10.00. The van der Waals surface area contributed by atoms with Crippen LogP contribution in [0.4, 0.5) is 0 Å². The summed E-state index contributed by atoms with van der Waals surface area (Å²) in [5, 5.41) is 3.63. The first-order valence-corrected chi connectivity index (χ1v) is 7.80. The largest absolute Gasteiger partial charge is 0.314 e. The van der Waals surface area contributed by atoms with Gasteiger partial charge >= 0.3 is 0 Å². The third kappa shape index (κ3) is 5.44. The van der Waals surface area contributed by atoms with Crippen LogP contribution in [-0.4, -0.2) is 12.6 Å². The number of rotatable bonds is 6. The fraction of sp³-hybridized carbons (Fsp3) is 0.882. The molecule has 0 aliphatic heterocycles. The lowest BCUT2D eigenvalue weighted by atomic mass is 9.71. The average Bonchev–Trinajstić information content (AvgIpc) is 2.37. The van der Waals surface area contributed by atoms with E-state index in [1.54, 1.807) is 0 Å². The Kier molecular flexibility index (Phi) is 7.44. The van der Waals surface area contributed by atoms with Gasteiger partial charge in [0.15, 0.2) is 0 Å². The zero-order valence-corrected chi connectivity index (χ0v) is 12.8. The molecule has 0 bridgehead atoms. The molecule has 1 nitrogen and oxygen atoms in total. The minimum absolute atomic E-state index is 0.616. The fourth-order valence-corrected chi connectivity index (χ4v) is 3.19. The predicted octanol–water partition coefficient (Wildman–Crippen LogP) is 4.23. The maximum Gasteiger partial charge on any atom is 0.00913 e. The first-order valence-electron chi connectivity index (χ1n) is 7.80. The molecule has 3 atom stereocenters. The van der Waals surface area contributed by atoms with Crippen molar-refractivity contribution in [2.75, 3.05) is 6.54 Å². The SMILES string of the molecule is CC#CCCC1CC(CC)CCC1CNC(C)C. The van der Waals surface area contributed by atoms with Crippen molar-refractivity contribution >= 4 is 0 Å². The Bertz CT molecular complexity index is 271. The van der Waals surface area contributed by atoms with Gasteiger partial charge in [-0.2, -0.15) is 0 Å². The van der Waals surface area contributed by atoms with E-state index in [1.165, 1.54) is 38.6 Å². The molecule has 0 heterocycles. The van der Waals surface area contributed by atoms with Crippen LogP contribution in [-0.2, 0) is 0 Å². The fourth-order valence-electron chi connectivity index (χ4n) is 3.19. The zero-order chi connectivity index (χ0) is 13.4. The monoisotopic (exact) mass is 249 g/mol. The van der Waals surface area contributed by atoms with Crippen LogP contribution in [0.3, 0.4) is 0 Å². The van der Waals surface area contributed by atoms with E-state index in [-0.39, 0.29) is 0 Å².